The highest BCUT2D eigenvalue weighted by Gasteiger charge is 2.24. The molecule has 2 heterocycles. The summed E-state index contributed by atoms with van der Waals surface area (Å²) in [6, 6.07) is 8.29. The smallest absolute Gasteiger partial charge is 0.315 e. The number of carbonyl (C=O) groups excluding carboxylic acids is 1. The van der Waals surface area contributed by atoms with Crippen molar-refractivity contribution < 1.29 is 4.79 Å². The van der Waals surface area contributed by atoms with Gasteiger partial charge in [-0.25, -0.2) is 4.79 Å². The molecule has 0 aromatic heterocycles. The number of nitrogens with one attached hydrogen (secondary N) is 2. The van der Waals surface area contributed by atoms with Gasteiger partial charge in [0, 0.05) is 56.0 Å². The van der Waals surface area contributed by atoms with Crippen LogP contribution in [0.2, 0.25) is 5.02 Å². The fourth-order valence-corrected chi connectivity index (χ4v) is 4.26. The second-order valence-electron chi connectivity index (χ2n) is 8.40. The molecule has 2 fully saturated rings. The van der Waals surface area contributed by atoms with Crippen LogP contribution in [0.5, 0.6) is 0 Å². The summed E-state index contributed by atoms with van der Waals surface area (Å²) >= 11 is 5.97. The molecule has 0 radical (unpaired) electrons. The number of amides is 2. The number of piperidine rings is 1. The normalized spacial score (nSPS) is 21.6. The lowest BCUT2D eigenvalue weighted by Gasteiger charge is -2.33. The Bertz CT molecular complexity index is 599. The lowest BCUT2D eigenvalue weighted by molar-refractivity contribution is 0.177. The number of rotatable bonds is 6. The van der Waals surface area contributed by atoms with Gasteiger partial charge in [-0.15, -0.1) is 0 Å². The molecule has 2 aliphatic heterocycles. The largest absolute Gasteiger partial charge is 0.371 e. The Morgan fingerprint density at radius 1 is 1.15 bits per heavy atom. The highest BCUT2D eigenvalue weighted by molar-refractivity contribution is 6.30. The van der Waals surface area contributed by atoms with Crippen molar-refractivity contribution in [3.05, 3.63) is 29.3 Å². The topological polar surface area (TPSA) is 47.6 Å². The van der Waals surface area contributed by atoms with Crippen LogP contribution in [-0.4, -0.2) is 56.2 Å². The predicted molar refractivity (Wildman–Crippen MR) is 113 cm³/mol. The maximum Gasteiger partial charge on any atom is 0.315 e. The average molecular weight is 393 g/mol. The molecule has 150 valence electrons. The van der Waals surface area contributed by atoms with Crippen molar-refractivity contribution in [3.8, 4) is 0 Å². The van der Waals surface area contributed by atoms with Gasteiger partial charge in [-0.2, -0.15) is 0 Å². The fourth-order valence-electron chi connectivity index (χ4n) is 4.14. The lowest BCUT2D eigenvalue weighted by atomic mass is 10.0. The second-order valence-corrected chi connectivity index (χ2v) is 8.84. The summed E-state index contributed by atoms with van der Waals surface area (Å²) in [5.41, 5.74) is 1.21. The van der Waals surface area contributed by atoms with E-state index in [-0.39, 0.29) is 6.03 Å². The molecule has 6 heteroatoms. The molecule has 0 spiro atoms. The molecule has 27 heavy (non-hydrogen) atoms. The van der Waals surface area contributed by atoms with Gasteiger partial charge in [-0.3, -0.25) is 0 Å². The molecule has 2 N–H and O–H groups in total. The molecule has 2 aliphatic rings. The maximum absolute atomic E-state index is 12.3. The third-order valence-corrected chi connectivity index (χ3v) is 5.83. The van der Waals surface area contributed by atoms with E-state index in [4.69, 9.17) is 11.6 Å². The maximum atomic E-state index is 12.3. The highest BCUT2D eigenvalue weighted by Crippen LogP contribution is 2.24. The van der Waals surface area contributed by atoms with Crippen molar-refractivity contribution in [1.82, 2.24) is 15.5 Å². The second kappa shape index (κ2) is 9.65. The van der Waals surface area contributed by atoms with E-state index in [0.717, 1.165) is 63.6 Å². The third kappa shape index (κ3) is 6.28. The molecular formula is C21H33ClN4O. The summed E-state index contributed by atoms with van der Waals surface area (Å²) in [6.45, 7) is 10.6. The molecule has 0 saturated carbocycles. The van der Waals surface area contributed by atoms with Crippen LogP contribution >= 0.6 is 11.6 Å². The minimum absolute atomic E-state index is 0.0118. The van der Waals surface area contributed by atoms with Crippen LogP contribution in [0.4, 0.5) is 10.5 Å². The minimum atomic E-state index is -0.0118. The molecule has 3 rings (SSSR count). The summed E-state index contributed by atoms with van der Waals surface area (Å²) in [7, 11) is 0. The van der Waals surface area contributed by atoms with Gasteiger partial charge in [0.25, 0.3) is 0 Å². The van der Waals surface area contributed by atoms with Crippen molar-refractivity contribution >= 4 is 23.3 Å². The minimum Gasteiger partial charge on any atom is -0.371 e. The van der Waals surface area contributed by atoms with Gasteiger partial charge in [0.2, 0.25) is 0 Å². The van der Waals surface area contributed by atoms with Crippen molar-refractivity contribution in [2.75, 3.05) is 44.2 Å². The SMILES string of the molecule is CC(C)CN1CCC(NC(=O)NCC2CCN(c3ccc(Cl)cc3)C2)CC1. The van der Waals surface area contributed by atoms with E-state index in [0.29, 0.717) is 17.9 Å². The molecule has 0 bridgehead atoms. The Morgan fingerprint density at radius 2 is 1.85 bits per heavy atom. The first kappa shape index (κ1) is 20.3. The molecule has 2 saturated heterocycles. The molecular weight excluding hydrogens is 360 g/mol. The van der Waals surface area contributed by atoms with Crippen LogP contribution in [-0.2, 0) is 0 Å². The van der Waals surface area contributed by atoms with Crippen LogP contribution in [0, 0.1) is 11.8 Å². The van der Waals surface area contributed by atoms with Crippen molar-refractivity contribution in [1.29, 1.82) is 0 Å². The molecule has 2 amide bonds. The van der Waals surface area contributed by atoms with E-state index in [1.165, 1.54) is 5.69 Å². The van der Waals surface area contributed by atoms with E-state index < -0.39 is 0 Å². The molecule has 0 aliphatic carbocycles. The summed E-state index contributed by atoms with van der Waals surface area (Å²) in [5, 5.41) is 7.01. The number of urea groups is 1. The fraction of sp³-hybridized carbons (Fsp3) is 0.667. The first-order valence-electron chi connectivity index (χ1n) is 10.3. The first-order valence-corrected chi connectivity index (χ1v) is 10.6. The Morgan fingerprint density at radius 3 is 2.52 bits per heavy atom. The monoisotopic (exact) mass is 392 g/mol. The van der Waals surface area contributed by atoms with E-state index in [1.54, 1.807) is 0 Å². The Balaban J connectivity index is 1.33. The third-order valence-electron chi connectivity index (χ3n) is 5.58. The summed E-state index contributed by atoms with van der Waals surface area (Å²) in [4.78, 5) is 17.1. The zero-order chi connectivity index (χ0) is 19.2. The number of hydrogen-bond acceptors (Lipinski definition) is 3. The quantitative estimate of drug-likeness (QED) is 0.777. The molecule has 1 aromatic rings. The number of anilines is 1. The Hall–Kier alpha value is -1.46. The number of likely N-dealkylation sites (tertiary alicyclic amines) is 1. The predicted octanol–water partition coefficient (Wildman–Crippen LogP) is 3.59. The van der Waals surface area contributed by atoms with Gasteiger partial charge in [-0.1, -0.05) is 25.4 Å². The van der Waals surface area contributed by atoms with Gasteiger partial charge in [-0.05, 0) is 55.4 Å². The molecule has 1 aromatic carbocycles. The standard InChI is InChI=1S/C21H33ClN4O/c1-16(2)14-25-10-8-19(9-11-25)24-21(27)23-13-17-7-12-26(15-17)20-5-3-18(22)4-6-20/h3-6,16-17,19H,7-15H2,1-2H3,(H2,23,24,27). The molecule has 5 nitrogen and oxygen atoms in total. The number of nitrogens with zero attached hydrogens (tertiary/aromatic N) is 2. The Kier molecular flexibility index (Phi) is 7.25. The lowest BCUT2D eigenvalue weighted by Crippen LogP contribution is -2.49. The van der Waals surface area contributed by atoms with Gasteiger partial charge >= 0.3 is 6.03 Å². The van der Waals surface area contributed by atoms with Crippen molar-refractivity contribution in [2.45, 2.75) is 39.2 Å². The number of benzene rings is 1. The summed E-state index contributed by atoms with van der Waals surface area (Å²) < 4.78 is 0. The van der Waals surface area contributed by atoms with Gasteiger partial charge in [0.15, 0.2) is 0 Å². The molecule has 1 atom stereocenters. The average Bonchev–Trinajstić information content (AvgIpc) is 3.11. The van der Waals surface area contributed by atoms with Crippen LogP contribution < -0.4 is 15.5 Å². The van der Waals surface area contributed by atoms with E-state index in [9.17, 15) is 4.79 Å². The van der Waals surface area contributed by atoms with Gasteiger partial charge < -0.3 is 20.4 Å². The van der Waals surface area contributed by atoms with Gasteiger partial charge in [0.1, 0.15) is 0 Å². The summed E-state index contributed by atoms with van der Waals surface area (Å²) in [5.74, 6) is 1.20. The zero-order valence-electron chi connectivity index (χ0n) is 16.6. The van der Waals surface area contributed by atoms with E-state index in [1.807, 2.05) is 12.1 Å². The van der Waals surface area contributed by atoms with E-state index >= 15 is 0 Å². The van der Waals surface area contributed by atoms with Crippen LogP contribution in [0.3, 0.4) is 0 Å². The number of halogens is 1. The molecule has 1 unspecified atom stereocenters. The van der Waals surface area contributed by atoms with Crippen molar-refractivity contribution in [2.24, 2.45) is 11.8 Å². The van der Waals surface area contributed by atoms with Gasteiger partial charge in [0.05, 0.1) is 0 Å². The number of hydrogen-bond donors (Lipinski definition) is 2. The van der Waals surface area contributed by atoms with Crippen LogP contribution in [0.1, 0.15) is 33.1 Å². The van der Waals surface area contributed by atoms with Crippen LogP contribution in [0.25, 0.3) is 0 Å². The van der Waals surface area contributed by atoms with Crippen LogP contribution in [0.15, 0.2) is 24.3 Å². The zero-order valence-corrected chi connectivity index (χ0v) is 17.3. The number of carbonyl (C=O) groups is 1. The van der Waals surface area contributed by atoms with E-state index in [2.05, 4.69) is 46.4 Å². The first-order chi connectivity index (χ1) is 13.0. The highest BCUT2D eigenvalue weighted by atomic mass is 35.5. The Labute approximate surface area is 168 Å². The summed E-state index contributed by atoms with van der Waals surface area (Å²) in [6.07, 6.45) is 3.21. The van der Waals surface area contributed by atoms with Crippen molar-refractivity contribution in [3.63, 3.8) is 0 Å².